The molecule has 0 amide bonds. The van der Waals surface area contributed by atoms with Crippen LogP contribution < -0.4 is 15.5 Å². The van der Waals surface area contributed by atoms with Gasteiger partial charge in [0.15, 0.2) is 15.6 Å². The van der Waals surface area contributed by atoms with Crippen LogP contribution in [-0.2, 0) is 19.7 Å². The number of carbonyl (C=O) groups excluding carboxylic acids is 1. The van der Waals surface area contributed by atoms with Crippen LogP contribution in [0.5, 0.6) is 0 Å². The molecule has 2 aliphatic heterocycles. The third-order valence-corrected chi connectivity index (χ3v) is 17.1. The minimum Gasteiger partial charge on any atom is -0.380 e. The first kappa shape index (κ1) is 49.0. The molecule has 0 saturated carbocycles. The Balaban J connectivity index is 1.02. The molecule has 350 valence electrons. The molecule has 4 aromatic carbocycles. The standard InChI is InChI=1S/C48H57ClF3N5O5S3/c1-47(2)20-18-43(35-8-12-38(49)13-9-35)37(31-47)32-56-26-28-57(29-27-56)40-14-10-36(11-15-40)45(58)34-64(59,60)42-16-17-44(46(30-42)65(61,62)48(50,51)52)54-39(19-23-55-24-21-53-22-25-55)33-63-41-6-4-3-5-7-41/h3-17,30,39,53-54H,18-29,31-34H2,1-2H3/t39-/m1/s1. The average molecular weight is 973 g/mol. The normalized spacial score (nSPS) is 18.4. The van der Waals surface area contributed by atoms with Gasteiger partial charge in [-0.15, -0.1) is 11.8 Å². The van der Waals surface area contributed by atoms with Crippen molar-refractivity contribution in [2.24, 2.45) is 5.41 Å². The predicted molar refractivity (Wildman–Crippen MR) is 256 cm³/mol. The summed E-state index contributed by atoms with van der Waals surface area (Å²) in [5, 5.41) is 7.04. The number of piperazine rings is 2. The first-order chi connectivity index (χ1) is 30.9. The molecule has 0 spiro atoms. The molecule has 10 nitrogen and oxygen atoms in total. The fourth-order valence-electron chi connectivity index (χ4n) is 8.76. The molecule has 0 unspecified atom stereocenters. The van der Waals surface area contributed by atoms with Gasteiger partial charge in [-0.1, -0.05) is 61.4 Å². The van der Waals surface area contributed by atoms with Crippen molar-refractivity contribution < 1.29 is 34.8 Å². The van der Waals surface area contributed by atoms with E-state index < -0.39 is 52.6 Å². The van der Waals surface area contributed by atoms with Crippen molar-refractivity contribution in [2.45, 2.75) is 65.8 Å². The molecule has 4 aromatic rings. The highest BCUT2D eigenvalue weighted by molar-refractivity contribution is 7.99. The lowest BCUT2D eigenvalue weighted by Gasteiger charge is -2.39. The number of nitrogens with one attached hydrogen (secondary N) is 2. The molecule has 2 N–H and O–H groups in total. The van der Waals surface area contributed by atoms with E-state index >= 15 is 0 Å². The number of alkyl halides is 3. The Morgan fingerprint density at radius 2 is 1.54 bits per heavy atom. The summed E-state index contributed by atoms with van der Waals surface area (Å²) in [5.74, 6) is -1.43. The van der Waals surface area contributed by atoms with Crippen LogP contribution >= 0.6 is 23.4 Å². The number of hydrogen-bond acceptors (Lipinski definition) is 11. The molecule has 1 atom stereocenters. The van der Waals surface area contributed by atoms with Crippen LogP contribution in [-0.4, -0.2) is 121 Å². The number of anilines is 2. The second-order valence-corrected chi connectivity index (χ2v) is 23.3. The summed E-state index contributed by atoms with van der Waals surface area (Å²) in [7, 11) is -10.6. The molecule has 65 heavy (non-hydrogen) atoms. The average Bonchev–Trinajstić information content (AvgIpc) is 3.28. The molecule has 3 aliphatic rings. The summed E-state index contributed by atoms with van der Waals surface area (Å²) < 4.78 is 96.1. The lowest BCUT2D eigenvalue weighted by molar-refractivity contribution is -0.0435. The van der Waals surface area contributed by atoms with Crippen molar-refractivity contribution in [2.75, 3.05) is 87.2 Å². The van der Waals surface area contributed by atoms with Crippen molar-refractivity contribution in [1.82, 2.24) is 15.1 Å². The fourth-order valence-corrected chi connectivity index (χ4v) is 12.2. The van der Waals surface area contributed by atoms with Crippen LogP contribution in [0.4, 0.5) is 24.5 Å². The Labute approximate surface area is 390 Å². The molecule has 1 aliphatic carbocycles. The number of nitrogens with zero attached hydrogens (tertiary/aromatic N) is 3. The van der Waals surface area contributed by atoms with Crippen molar-refractivity contribution in [3.05, 3.63) is 119 Å². The van der Waals surface area contributed by atoms with Crippen molar-refractivity contribution in [3.63, 3.8) is 0 Å². The number of halogens is 4. The maximum atomic E-state index is 14.2. The van der Waals surface area contributed by atoms with Crippen molar-refractivity contribution in [3.8, 4) is 0 Å². The summed E-state index contributed by atoms with van der Waals surface area (Å²) in [6.45, 7) is 12.5. The summed E-state index contributed by atoms with van der Waals surface area (Å²) in [6.07, 6.45) is 3.66. The number of allylic oxidation sites excluding steroid dienone is 1. The van der Waals surface area contributed by atoms with Gasteiger partial charge < -0.3 is 20.4 Å². The van der Waals surface area contributed by atoms with E-state index in [9.17, 15) is 34.8 Å². The van der Waals surface area contributed by atoms with Gasteiger partial charge in [-0.05, 0) is 109 Å². The third-order valence-electron chi connectivity index (χ3n) is 12.5. The summed E-state index contributed by atoms with van der Waals surface area (Å²) >= 11 is 7.66. The van der Waals surface area contributed by atoms with Gasteiger partial charge in [-0.2, -0.15) is 13.2 Å². The van der Waals surface area contributed by atoms with Gasteiger partial charge in [0.1, 0.15) is 10.6 Å². The van der Waals surface area contributed by atoms with E-state index in [-0.39, 0.29) is 16.7 Å². The minimum atomic E-state index is -6.02. The second-order valence-electron chi connectivity index (χ2n) is 17.9. The maximum Gasteiger partial charge on any atom is 0.501 e. The van der Waals surface area contributed by atoms with E-state index in [1.807, 2.05) is 42.5 Å². The number of thioether (sulfide) groups is 1. The predicted octanol–water partition coefficient (Wildman–Crippen LogP) is 8.94. The number of carbonyl (C=O) groups is 1. The molecular weight excluding hydrogens is 915 g/mol. The zero-order valence-electron chi connectivity index (χ0n) is 36.7. The van der Waals surface area contributed by atoms with E-state index in [1.54, 1.807) is 24.3 Å². The van der Waals surface area contributed by atoms with Gasteiger partial charge in [-0.25, -0.2) is 16.8 Å². The summed E-state index contributed by atoms with van der Waals surface area (Å²) in [4.78, 5) is 19.4. The molecule has 7 rings (SSSR count). The quantitative estimate of drug-likeness (QED) is 0.0780. The first-order valence-electron chi connectivity index (χ1n) is 22.0. The smallest absolute Gasteiger partial charge is 0.380 e. The van der Waals surface area contributed by atoms with Gasteiger partial charge in [0, 0.05) is 98.4 Å². The van der Waals surface area contributed by atoms with Crippen LogP contribution in [0.15, 0.2) is 117 Å². The van der Waals surface area contributed by atoms with Crippen molar-refractivity contribution in [1.29, 1.82) is 0 Å². The number of Topliss-reactive ketones (excluding diaryl/α,β-unsaturated/α-hetero) is 1. The zero-order valence-corrected chi connectivity index (χ0v) is 40.0. The Hall–Kier alpha value is -3.90. The highest BCUT2D eigenvalue weighted by Gasteiger charge is 2.48. The van der Waals surface area contributed by atoms with E-state index in [1.165, 1.54) is 28.5 Å². The lowest BCUT2D eigenvalue weighted by Crippen LogP contribution is -2.47. The Morgan fingerprint density at radius 1 is 0.862 bits per heavy atom. The molecule has 17 heteroatoms. The zero-order chi connectivity index (χ0) is 46.4. The maximum absolute atomic E-state index is 14.2. The van der Waals surface area contributed by atoms with E-state index in [4.69, 9.17) is 11.6 Å². The molecule has 2 saturated heterocycles. The first-order valence-corrected chi connectivity index (χ1v) is 26.5. The second kappa shape index (κ2) is 20.9. The van der Waals surface area contributed by atoms with Gasteiger partial charge in [0.05, 0.1) is 10.6 Å². The monoisotopic (exact) mass is 971 g/mol. The van der Waals surface area contributed by atoms with Crippen molar-refractivity contribution >= 4 is 65.8 Å². The number of sulfone groups is 2. The number of ketones is 1. The highest BCUT2D eigenvalue weighted by Crippen LogP contribution is 2.43. The third kappa shape index (κ3) is 12.8. The molecular formula is C48H57ClF3N5O5S3. The van der Waals surface area contributed by atoms with Gasteiger partial charge in [0.2, 0.25) is 0 Å². The molecule has 2 heterocycles. The van der Waals surface area contributed by atoms with E-state index in [2.05, 4.69) is 51.3 Å². The molecule has 0 radical (unpaired) electrons. The molecule has 0 bridgehead atoms. The van der Waals surface area contributed by atoms with Crippen LogP contribution in [0, 0.1) is 5.41 Å². The summed E-state index contributed by atoms with van der Waals surface area (Å²) in [5.41, 5.74) is -0.773. The Kier molecular flexibility index (Phi) is 15.8. The Bertz CT molecular complexity index is 2530. The minimum absolute atomic E-state index is 0.113. The van der Waals surface area contributed by atoms with E-state index in [0.717, 1.165) is 106 Å². The topological polar surface area (TPSA) is 119 Å². The van der Waals surface area contributed by atoms with Gasteiger partial charge >= 0.3 is 5.51 Å². The SMILES string of the molecule is CC1(C)CCC(c2ccc(Cl)cc2)=C(CN2CCN(c3ccc(C(=O)CS(=O)(=O)c4ccc(N[C@H](CCN5CCNCC5)CSc5ccccc5)c(S(=O)(=O)C(F)(F)F)c4)cc3)CC2)C1. The number of hydrogen-bond donors (Lipinski definition) is 2. The number of benzene rings is 4. The Morgan fingerprint density at radius 3 is 2.20 bits per heavy atom. The van der Waals surface area contributed by atoms with Gasteiger partial charge in [0.25, 0.3) is 9.84 Å². The highest BCUT2D eigenvalue weighted by atomic mass is 35.5. The largest absolute Gasteiger partial charge is 0.501 e. The summed E-state index contributed by atoms with van der Waals surface area (Å²) in [6, 6.07) is 26.3. The van der Waals surface area contributed by atoms with Crippen LogP contribution in [0.25, 0.3) is 5.57 Å². The van der Waals surface area contributed by atoms with E-state index in [0.29, 0.717) is 24.8 Å². The fraction of sp³-hybridized carbons (Fsp3) is 0.438. The molecule has 0 aromatic heterocycles. The molecule has 2 fully saturated rings. The number of rotatable bonds is 17. The van der Waals surface area contributed by atoms with Crippen LogP contribution in [0.2, 0.25) is 5.02 Å². The van der Waals surface area contributed by atoms with Gasteiger partial charge in [-0.3, -0.25) is 9.69 Å². The van der Waals surface area contributed by atoms with Crippen LogP contribution in [0.3, 0.4) is 0 Å². The van der Waals surface area contributed by atoms with Crippen LogP contribution in [0.1, 0.15) is 55.5 Å². The lowest BCUT2D eigenvalue weighted by atomic mass is 9.73.